The molecule has 2 amide bonds. The van der Waals surface area contributed by atoms with Crippen molar-refractivity contribution in [1.82, 2.24) is 20.6 Å². The number of hydrogen-bond donors (Lipinski definition) is 7. The van der Waals surface area contributed by atoms with Gasteiger partial charge in [-0.05, 0) is 52.3 Å². The molecule has 0 spiro atoms. The number of carboxylic acids is 1. The summed E-state index contributed by atoms with van der Waals surface area (Å²) in [5.74, 6) is -2.25. The molecule has 0 radical (unpaired) electrons. The molecule has 1 aliphatic rings. The van der Waals surface area contributed by atoms with Crippen molar-refractivity contribution in [1.29, 1.82) is 0 Å². The zero-order valence-electron chi connectivity index (χ0n) is 19.9. The number of carbonyl (C=O) groups excluding carboxylic acids is 2. The molecule has 13 heteroatoms. The highest BCUT2D eigenvalue weighted by Crippen LogP contribution is 2.38. The van der Waals surface area contributed by atoms with Gasteiger partial charge in [-0.1, -0.05) is 6.42 Å². The van der Waals surface area contributed by atoms with Crippen molar-refractivity contribution in [3.63, 3.8) is 0 Å². The van der Waals surface area contributed by atoms with Gasteiger partial charge in [0.25, 0.3) is 0 Å². The number of hydrogen-bond acceptors (Lipinski definition) is 8. The summed E-state index contributed by atoms with van der Waals surface area (Å²) in [6, 6.07) is -0.977. The molecule has 8 N–H and O–H groups in total. The lowest BCUT2D eigenvalue weighted by atomic mass is 9.66. The number of carbonyl (C=O) groups is 3. The SMILES string of the molecule is CC(C)(C)OC(=O)N[C@@H](Cc1cnc[nH]1)C(=O)NC[C@@H]1CC[C@@H](CCB(O)O)C[C@]1(N)C(=O)O. The van der Waals surface area contributed by atoms with Crippen molar-refractivity contribution in [2.75, 3.05) is 6.54 Å². The Labute approximate surface area is 199 Å². The van der Waals surface area contributed by atoms with Crippen LogP contribution in [-0.2, 0) is 20.7 Å². The van der Waals surface area contributed by atoms with Crippen molar-refractivity contribution in [3.8, 4) is 0 Å². The summed E-state index contributed by atoms with van der Waals surface area (Å²) >= 11 is 0. The molecule has 1 fully saturated rings. The summed E-state index contributed by atoms with van der Waals surface area (Å²) < 4.78 is 5.26. The number of aliphatic carboxylic acids is 1. The topological polar surface area (TPSA) is 200 Å². The fraction of sp³-hybridized carbons (Fsp3) is 0.714. The van der Waals surface area contributed by atoms with E-state index in [0.29, 0.717) is 25.0 Å². The third kappa shape index (κ3) is 8.30. The van der Waals surface area contributed by atoms with E-state index in [1.54, 1.807) is 20.8 Å². The smallest absolute Gasteiger partial charge is 0.451 e. The summed E-state index contributed by atoms with van der Waals surface area (Å²) in [4.78, 5) is 44.1. The Kier molecular flexibility index (Phi) is 9.48. The molecule has 0 bridgehead atoms. The van der Waals surface area contributed by atoms with Gasteiger partial charge in [0.1, 0.15) is 17.2 Å². The van der Waals surface area contributed by atoms with Crippen LogP contribution in [0.15, 0.2) is 12.5 Å². The minimum atomic E-state index is -1.56. The summed E-state index contributed by atoms with van der Waals surface area (Å²) in [5.41, 5.74) is 4.61. The predicted octanol–water partition coefficient (Wildman–Crippen LogP) is 0.0230. The first kappa shape index (κ1) is 27.6. The zero-order valence-corrected chi connectivity index (χ0v) is 19.9. The number of nitrogens with zero attached hydrogens (tertiary/aromatic N) is 1. The Hall–Kier alpha value is -2.64. The summed E-state index contributed by atoms with van der Waals surface area (Å²) in [5, 5.41) is 33.3. The van der Waals surface area contributed by atoms with Crippen LogP contribution in [0, 0.1) is 11.8 Å². The molecule has 12 nitrogen and oxygen atoms in total. The van der Waals surface area contributed by atoms with Gasteiger partial charge < -0.3 is 41.2 Å². The molecular weight excluding hydrogens is 445 g/mol. The number of imidazole rings is 1. The molecule has 1 aromatic rings. The number of rotatable bonds is 10. The first-order valence-electron chi connectivity index (χ1n) is 11.4. The first-order chi connectivity index (χ1) is 15.8. The van der Waals surface area contributed by atoms with Crippen LogP contribution < -0.4 is 16.4 Å². The number of amides is 2. The molecular formula is C21H36BN5O7. The maximum Gasteiger partial charge on any atom is 0.451 e. The Morgan fingerprint density at radius 2 is 2.06 bits per heavy atom. The second-order valence-electron chi connectivity index (χ2n) is 9.97. The Bertz CT molecular complexity index is 830. The first-order valence-corrected chi connectivity index (χ1v) is 11.4. The second kappa shape index (κ2) is 11.7. The molecule has 2 rings (SSSR count). The largest absolute Gasteiger partial charge is 0.480 e. The number of carboxylic acid groups (broad SMARTS) is 1. The molecule has 0 saturated heterocycles. The van der Waals surface area contributed by atoms with Crippen LogP contribution in [0.3, 0.4) is 0 Å². The third-order valence-corrected chi connectivity index (χ3v) is 6.02. The van der Waals surface area contributed by atoms with Crippen LogP contribution in [0.5, 0.6) is 0 Å². The summed E-state index contributed by atoms with van der Waals surface area (Å²) in [6.07, 6.45) is 4.27. The Morgan fingerprint density at radius 1 is 1.35 bits per heavy atom. The van der Waals surface area contributed by atoms with Crippen LogP contribution in [0.2, 0.25) is 6.32 Å². The van der Waals surface area contributed by atoms with Gasteiger partial charge in [-0.3, -0.25) is 9.59 Å². The van der Waals surface area contributed by atoms with Gasteiger partial charge in [-0.2, -0.15) is 0 Å². The van der Waals surface area contributed by atoms with E-state index < -0.39 is 48.2 Å². The maximum atomic E-state index is 13.0. The quantitative estimate of drug-likeness (QED) is 0.225. The molecule has 0 aliphatic heterocycles. The van der Waals surface area contributed by atoms with Crippen molar-refractivity contribution in [2.45, 2.75) is 76.4 Å². The van der Waals surface area contributed by atoms with Gasteiger partial charge in [0.05, 0.1) is 6.33 Å². The lowest BCUT2D eigenvalue weighted by molar-refractivity contribution is -0.148. The Balaban J connectivity index is 2.04. The van der Waals surface area contributed by atoms with E-state index in [1.165, 1.54) is 12.5 Å². The standard InChI is InChI=1S/C21H36BN5O7/c1-20(2,3)34-19(31)27-16(8-15-11-24-12-26-15)17(28)25-10-14-5-4-13(6-7-22(32)33)9-21(14,23)18(29)30/h11-14,16,32-33H,4-10,23H2,1-3H3,(H,24,26)(H,25,28)(H,27,31)(H,29,30)/t13-,14-,16-,21+/m0/s1. The normalized spacial score (nSPS) is 23.6. The van der Waals surface area contributed by atoms with Crippen LogP contribution >= 0.6 is 0 Å². The monoisotopic (exact) mass is 481 g/mol. The molecule has 1 heterocycles. The summed E-state index contributed by atoms with van der Waals surface area (Å²) in [7, 11) is -1.45. The number of aromatic nitrogens is 2. The average Bonchev–Trinajstić information content (AvgIpc) is 3.22. The number of nitrogens with two attached hydrogens (primary N) is 1. The van der Waals surface area contributed by atoms with Gasteiger partial charge in [0.15, 0.2) is 0 Å². The van der Waals surface area contributed by atoms with E-state index in [4.69, 9.17) is 20.5 Å². The highest BCUT2D eigenvalue weighted by atomic mass is 16.6. The minimum absolute atomic E-state index is 0.0203. The number of aromatic amines is 1. The number of alkyl carbamates (subject to hydrolysis) is 1. The fourth-order valence-electron chi connectivity index (χ4n) is 4.24. The number of nitrogens with one attached hydrogen (secondary N) is 3. The van der Waals surface area contributed by atoms with Gasteiger partial charge in [0.2, 0.25) is 5.91 Å². The fourth-order valence-corrected chi connectivity index (χ4v) is 4.24. The van der Waals surface area contributed by atoms with Crippen LogP contribution in [-0.4, -0.2) is 73.9 Å². The average molecular weight is 481 g/mol. The van der Waals surface area contributed by atoms with E-state index in [0.717, 1.165) is 0 Å². The van der Waals surface area contributed by atoms with Crippen molar-refractivity contribution in [3.05, 3.63) is 18.2 Å². The third-order valence-electron chi connectivity index (χ3n) is 6.02. The zero-order chi connectivity index (χ0) is 25.5. The maximum absolute atomic E-state index is 13.0. The molecule has 1 saturated carbocycles. The van der Waals surface area contributed by atoms with Crippen molar-refractivity contribution in [2.24, 2.45) is 17.6 Å². The lowest BCUT2D eigenvalue weighted by Gasteiger charge is -2.41. The molecule has 190 valence electrons. The number of ether oxygens (including phenoxy) is 1. The van der Waals surface area contributed by atoms with Gasteiger partial charge in [0, 0.05) is 30.8 Å². The van der Waals surface area contributed by atoms with Crippen molar-refractivity contribution < 1.29 is 34.3 Å². The molecule has 0 aromatic carbocycles. The van der Waals surface area contributed by atoms with E-state index in [2.05, 4.69) is 20.6 Å². The molecule has 1 aromatic heterocycles. The second-order valence-corrected chi connectivity index (χ2v) is 9.97. The lowest BCUT2D eigenvalue weighted by Crippen LogP contribution is -2.61. The van der Waals surface area contributed by atoms with Crippen LogP contribution in [0.25, 0.3) is 0 Å². The van der Waals surface area contributed by atoms with E-state index in [-0.39, 0.29) is 31.6 Å². The van der Waals surface area contributed by atoms with Crippen LogP contribution in [0.1, 0.15) is 52.1 Å². The molecule has 4 atom stereocenters. The minimum Gasteiger partial charge on any atom is -0.480 e. The molecule has 1 aliphatic carbocycles. The van der Waals surface area contributed by atoms with E-state index >= 15 is 0 Å². The number of H-pyrrole nitrogens is 1. The Morgan fingerprint density at radius 3 is 2.62 bits per heavy atom. The van der Waals surface area contributed by atoms with E-state index in [1.807, 2.05) is 0 Å². The molecule has 0 unspecified atom stereocenters. The van der Waals surface area contributed by atoms with Crippen LogP contribution in [0.4, 0.5) is 4.79 Å². The molecule has 34 heavy (non-hydrogen) atoms. The summed E-state index contributed by atoms with van der Waals surface area (Å²) in [6.45, 7) is 5.15. The van der Waals surface area contributed by atoms with Crippen molar-refractivity contribution >= 4 is 25.1 Å². The van der Waals surface area contributed by atoms with Gasteiger partial charge in [-0.15, -0.1) is 0 Å². The highest BCUT2D eigenvalue weighted by molar-refractivity contribution is 6.40. The van der Waals surface area contributed by atoms with Gasteiger partial charge >= 0.3 is 19.2 Å². The van der Waals surface area contributed by atoms with Gasteiger partial charge in [-0.25, -0.2) is 9.78 Å². The highest BCUT2D eigenvalue weighted by Gasteiger charge is 2.47. The van der Waals surface area contributed by atoms with E-state index in [9.17, 15) is 19.5 Å². The predicted molar refractivity (Wildman–Crippen MR) is 123 cm³/mol.